The van der Waals surface area contributed by atoms with Crippen molar-refractivity contribution in [2.45, 2.75) is 34.7 Å². The topological polar surface area (TPSA) is 84.0 Å². The van der Waals surface area contributed by atoms with Gasteiger partial charge >= 0.3 is 6.03 Å². The van der Waals surface area contributed by atoms with Gasteiger partial charge < -0.3 is 5.32 Å². The summed E-state index contributed by atoms with van der Waals surface area (Å²) in [6.07, 6.45) is 0. The Bertz CT molecular complexity index is 438. The molecule has 0 saturated carbocycles. The van der Waals surface area contributed by atoms with Gasteiger partial charge in [-0.25, -0.2) is 4.79 Å². The van der Waals surface area contributed by atoms with Crippen LogP contribution in [0.1, 0.15) is 20.8 Å². The Kier molecular flexibility index (Phi) is 7.17. The van der Waals surface area contributed by atoms with E-state index in [-0.39, 0.29) is 5.91 Å². The molecule has 9 heteroatoms. The summed E-state index contributed by atoms with van der Waals surface area (Å²) in [7, 11) is 0. The molecule has 106 valence electrons. The van der Waals surface area contributed by atoms with E-state index >= 15 is 0 Å². The molecule has 0 aliphatic heterocycles. The number of rotatable bonds is 6. The Morgan fingerprint density at radius 2 is 2.00 bits per heavy atom. The summed E-state index contributed by atoms with van der Waals surface area (Å²) in [5.41, 5.74) is 0. The van der Waals surface area contributed by atoms with E-state index in [2.05, 4.69) is 20.8 Å². The molecule has 19 heavy (non-hydrogen) atoms. The lowest BCUT2D eigenvalue weighted by Gasteiger charge is -2.09. The van der Waals surface area contributed by atoms with Crippen molar-refractivity contribution in [2.75, 3.05) is 12.3 Å². The van der Waals surface area contributed by atoms with Gasteiger partial charge in [0.2, 0.25) is 5.91 Å². The minimum atomic E-state index is -0.473. The SMILES string of the molecule is CCNC(=O)NC(=O)C(C)Sc1nnc(SCC)s1. The summed E-state index contributed by atoms with van der Waals surface area (Å²) < 4.78 is 1.62. The lowest BCUT2D eigenvalue weighted by Crippen LogP contribution is -2.42. The predicted octanol–water partition coefficient (Wildman–Crippen LogP) is 1.98. The predicted molar refractivity (Wildman–Crippen MR) is 78.8 cm³/mol. The van der Waals surface area contributed by atoms with E-state index in [4.69, 9.17) is 0 Å². The van der Waals surface area contributed by atoms with Gasteiger partial charge in [-0.3, -0.25) is 10.1 Å². The molecule has 2 N–H and O–H groups in total. The molecule has 1 aromatic rings. The lowest BCUT2D eigenvalue weighted by atomic mass is 10.4. The van der Waals surface area contributed by atoms with Crippen LogP contribution >= 0.6 is 34.9 Å². The monoisotopic (exact) mass is 320 g/mol. The molecule has 0 aliphatic rings. The molecule has 3 amide bonds. The minimum Gasteiger partial charge on any atom is -0.338 e. The average Bonchev–Trinajstić information content (AvgIpc) is 2.77. The fourth-order valence-electron chi connectivity index (χ4n) is 1.05. The van der Waals surface area contributed by atoms with Crippen LogP contribution < -0.4 is 10.6 Å². The molecule has 0 bridgehead atoms. The van der Waals surface area contributed by atoms with Crippen molar-refractivity contribution >= 4 is 46.8 Å². The molecular weight excluding hydrogens is 304 g/mol. The molecule has 0 spiro atoms. The Morgan fingerprint density at radius 1 is 1.32 bits per heavy atom. The van der Waals surface area contributed by atoms with Crippen molar-refractivity contribution in [1.82, 2.24) is 20.8 Å². The fraction of sp³-hybridized carbons (Fsp3) is 0.600. The second-order valence-corrected chi connectivity index (χ2v) is 7.45. The van der Waals surface area contributed by atoms with Crippen LogP contribution in [0.15, 0.2) is 8.68 Å². The second-order valence-electron chi connectivity index (χ2n) is 3.38. The fourth-order valence-corrected chi connectivity index (χ4v) is 4.11. The number of nitrogens with zero attached hydrogens (tertiary/aromatic N) is 2. The van der Waals surface area contributed by atoms with Crippen LogP contribution in [-0.4, -0.2) is 39.7 Å². The van der Waals surface area contributed by atoms with Gasteiger partial charge in [0, 0.05) is 6.54 Å². The smallest absolute Gasteiger partial charge is 0.321 e. The van der Waals surface area contributed by atoms with Crippen molar-refractivity contribution < 1.29 is 9.59 Å². The van der Waals surface area contributed by atoms with Crippen molar-refractivity contribution in [2.24, 2.45) is 0 Å². The van der Waals surface area contributed by atoms with Gasteiger partial charge in [-0.2, -0.15) is 0 Å². The molecule has 0 aliphatic carbocycles. The highest BCUT2D eigenvalue weighted by atomic mass is 32.2. The molecule has 0 saturated heterocycles. The van der Waals surface area contributed by atoms with E-state index in [1.807, 2.05) is 6.92 Å². The maximum atomic E-state index is 11.7. The van der Waals surface area contributed by atoms with Crippen LogP contribution in [0.5, 0.6) is 0 Å². The summed E-state index contributed by atoms with van der Waals surface area (Å²) in [6, 6.07) is -0.473. The normalized spacial score (nSPS) is 11.9. The zero-order chi connectivity index (χ0) is 14.3. The number of thioether (sulfide) groups is 2. The highest BCUT2D eigenvalue weighted by molar-refractivity contribution is 8.03. The summed E-state index contributed by atoms with van der Waals surface area (Å²) in [5.74, 6) is 0.600. The van der Waals surface area contributed by atoms with Gasteiger partial charge in [-0.1, -0.05) is 41.8 Å². The average molecular weight is 320 g/mol. The highest BCUT2D eigenvalue weighted by Crippen LogP contribution is 2.30. The van der Waals surface area contributed by atoms with E-state index in [1.54, 1.807) is 25.6 Å². The molecular formula is C10H16N4O2S3. The molecule has 1 heterocycles. The van der Waals surface area contributed by atoms with E-state index < -0.39 is 11.3 Å². The molecule has 1 aromatic heterocycles. The number of urea groups is 1. The van der Waals surface area contributed by atoms with E-state index in [0.717, 1.165) is 14.4 Å². The molecule has 0 aromatic carbocycles. The third-order valence-corrected chi connectivity index (χ3v) is 5.00. The number of amides is 3. The number of nitrogens with one attached hydrogen (secondary N) is 2. The number of carbonyl (C=O) groups excluding carboxylic acids is 2. The van der Waals surface area contributed by atoms with Crippen LogP contribution in [0, 0.1) is 0 Å². The van der Waals surface area contributed by atoms with Gasteiger partial charge in [0.25, 0.3) is 0 Å². The quantitative estimate of drug-likeness (QED) is 0.780. The van der Waals surface area contributed by atoms with Gasteiger partial charge in [-0.05, 0) is 19.6 Å². The van der Waals surface area contributed by atoms with E-state index in [1.165, 1.54) is 23.1 Å². The Labute approximate surface area is 124 Å². The maximum Gasteiger partial charge on any atom is 0.321 e. The highest BCUT2D eigenvalue weighted by Gasteiger charge is 2.18. The molecule has 0 fully saturated rings. The molecule has 1 unspecified atom stereocenters. The van der Waals surface area contributed by atoms with Crippen molar-refractivity contribution in [3.05, 3.63) is 0 Å². The van der Waals surface area contributed by atoms with Crippen molar-refractivity contribution in [3.63, 3.8) is 0 Å². The number of hydrogen-bond donors (Lipinski definition) is 2. The Morgan fingerprint density at radius 3 is 2.63 bits per heavy atom. The first-order valence-electron chi connectivity index (χ1n) is 5.78. The third-order valence-electron chi connectivity index (χ3n) is 1.88. The summed E-state index contributed by atoms with van der Waals surface area (Å²) in [6.45, 7) is 6.04. The Hall–Kier alpha value is -0.800. The zero-order valence-electron chi connectivity index (χ0n) is 10.9. The number of imide groups is 1. The maximum absolute atomic E-state index is 11.7. The van der Waals surface area contributed by atoms with Crippen LogP contribution in [-0.2, 0) is 4.79 Å². The number of hydrogen-bond acceptors (Lipinski definition) is 7. The standard InChI is InChI=1S/C10H16N4O2S3/c1-4-11-8(16)12-7(15)6(3)18-10-14-13-9(19-10)17-5-2/h6H,4-5H2,1-3H3,(H2,11,12,15,16). The lowest BCUT2D eigenvalue weighted by molar-refractivity contribution is -0.119. The summed E-state index contributed by atoms with van der Waals surface area (Å²) in [5, 5.41) is 12.4. The first-order chi connectivity index (χ1) is 9.06. The van der Waals surface area contributed by atoms with Crippen molar-refractivity contribution in [1.29, 1.82) is 0 Å². The molecule has 6 nitrogen and oxygen atoms in total. The largest absolute Gasteiger partial charge is 0.338 e. The van der Waals surface area contributed by atoms with Gasteiger partial charge in [0.05, 0.1) is 5.25 Å². The van der Waals surface area contributed by atoms with Crippen LogP contribution in [0.4, 0.5) is 4.79 Å². The molecule has 0 radical (unpaired) electrons. The molecule has 1 atom stereocenters. The first-order valence-corrected chi connectivity index (χ1v) is 8.46. The Balaban J connectivity index is 2.46. The van der Waals surface area contributed by atoms with Crippen LogP contribution in [0.3, 0.4) is 0 Å². The minimum absolute atomic E-state index is 0.337. The van der Waals surface area contributed by atoms with Gasteiger partial charge in [0.15, 0.2) is 8.68 Å². The van der Waals surface area contributed by atoms with Gasteiger partial charge in [-0.15, -0.1) is 10.2 Å². The van der Waals surface area contributed by atoms with Crippen molar-refractivity contribution in [3.8, 4) is 0 Å². The second kappa shape index (κ2) is 8.39. The summed E-state index contributed by atoms with van der Waals surface area (Å²) in [4.78, 5) is 22.9. The van der Waals surface area contributed by atoms with Crippen LogP contribution in [0.2, 0.25) is 0 Å². The molecule has 1 rings (SSSR count). The van der Waals surface area contributed by atoms with E-state index in [9.17, 15) is 9.59 Å². The number of carbonyl (C=O) groups is 2. The summed E-state index contributed by atoms with van der Waals surface area (Å²) >= 11 is 4.37. The van der Waals surface area contributed by atoms with Gasteiger partial charge in [0.1, 0.15) is 0 Å². The third kappa shape index (κ3) is 5.79. The zero-order valence-corrected chi connectivity index (χ0v) is 13.4. The number of aromatic nitrogens is 2. The van der Waals surface area contributed by atoms with E-state index in [0.29, 0.717) is 6.54 Å². The van der Waals surface area contributed by atoms with Crippen LogP contribution in [0.25, 0.3) is 0 Å². The first kappa shape index (κ1) is 16.3.